The van der Waals surface area contributed by atoms with Crippen LogP contribution in [-0.2, 0) is 0 Å². The van der Waals surface area contributed by atoms with Gasteiger partial charge in [0.05, 0.1) is 0 Å². The van der Waals surface area contributed by atoms with Crippen molar-refractivity contribution in [2.45, 2.75) is 6.92 Å². The summed E-state index contributed by atoms with van der Waals surface area (Å²) < 4.78 is 6.88. The Labute approximate surface area is 167 Å². The van der Waals surface area contributed by atoms with Crippen molar-refractivity contribution in [2.24, 2.45) is 0 Å². The topological polar surface area (TPSA) is 43.4 Å². The molecule has 0 N–H and O–H groups in total. The molecule has 0 aliphatic rings. The molecular weight excluding hydrogens is 368 g/mol. The van der Waals surface area contributed by atoms with Crippen LogP contribution in [0.2, 0.25) is 0 Å². The molecule has 0 aliphatic carbocycles. The molecule has 4 heteroatoms. The first-order valence-electron chi connectivity index (χ1n) is 8.97. The highest BCUT2D eigenvalue weighted by Crippen LogP contribution is 2.39. The molecular formula is C24H18O3S. The van der Waals surface area contributed by atoms with E-state index in [2.05, 4.69) is 0 Å². The normalized spacial score (nSPS) is 10.8. The molecule has 0 fully saturated rings. The molecule has 0 atom stereocenters. The highest BCUT2D eigenvalue weighted by molar-refractivity contribution is 7.21. The van der Waals surface area contributed by atoms with E-state index in [4.69, 9.17) is 4.74 Å². The maximum Gasteiger partial charge on any atom is 0.206 e. The third kappa shape index (κ3) is 3.59. The van der Waals surface area contributed by atoms with E-state index in [-0.39, 0.29) is 18.2 Å². The Balaban J connectivity index is 1.66. The lowest BCUT2D eigenvalue weighted by atomic mass is 10.1. The van der Waals surface area contributed by atoms with E-state index in [1.54, 1.807) is 24.3 Å². The second-order valence-electron chi connectivity index (χ2n) is 6.53. The van der Waals surface area contributed by atoms with Crippen molar-refractivity contribution in [3.05, 3.63) is 100 Å². The number of carbonyl (C=O) groups is 2. The Morgan fingerprint density at radius 1 is 0.821 bits per heavy atom. The maximum absolute atomic E-state index is 13.0. The predicted octanol–water partition coefficient (Wildman–Crippen LogP) is 5.70. The molecule has 4 rings (SSSR count). The molecule has 28 heavy (non-hydrogen) atoms. The van der Waals surface area contributed by atoms with Crippen molar-refractivity contribution in [1.82, 2.24) is 0 Å². The van der Waals surface area contributed by atoms with E-state index in [1.165, 1.54) is 11.3 Å². The number of carbonyl (C=O) groups excluding carboxylic acids is 2. The summed E-state index contributed by atoms with van der Waals surface area (Å²) in [6.45, 7) is 1.86. The molecule has 3 nitrogen and oxygen atoms in total. The molecule has 0 radical (unpaired) electrons. The van der Waals surface area contributed by atoms with E-state index >= 15 is 0 Å². The Kier molecular flexibility index (Phi) is 5.04. The minimum Gasteiger partial charge on any atom is -0.483 e. The molecule has 0 saturated carbocycles. The first kappa shape index (κ1) is 18.1. The molecule has 1 heterocycles. The summed E-state index contributed by atoms with van der Waals surface area (Å²) >= 11 is 1.39. The molecule has 138 valence electrons. The minimum atomic E-state index is -0.117. The Morgan fingerprint density at radius 3 is 2.25 bits per heavy atom. The van der Waals surface area contributed by atoms with Gasteiger partial charge in [0, 0.05) is 21.2 Å². The lowest BCUT2D eigenvalue weighted by molar-refractivity contribution is 0.0917. The molecule has 0 unspecified atom stereocenters. The zero-order valence-corrected chi connectivity index (χ0v) is 16.2. The van der Waals surface area contributed by atoms with Gasteiger partial charge in [-0.05, 0) is 19.1 Å². The maximum atomic E-state index is 13.0. The number of thiophene rings is 1. The van der Waals surface area contributed by atoms with Crippen molar-refractivity contribution in [3.8, 4) is 5.75 Å². The third-order valence-corrected chi connectivity index (χ3v) is 5.66. The summed E-state index contributed by atoms with van der Waals surface area (Å²) in [6, 6.07) is 24.2. The quantitative estimate of drug-likeness (QED) is 0.399. The second kappa shape index (κ2) is 7.79. The second-order valence-corrected chi connectivity index (χ2v) is 7.58. The van der Waals surface area contributed by atoms with E-state index in [1.807, 2.05) is 61.5 Å². The molecule has 0 aliphatic heterocycles. The van der Waals surface area contributed by atoms with Crippen LogP contribution < -0.4 is 4.74 Å². The standard InChI is InChI=1S/C24H18O3S/c1-16-11-13-17(14-12-16)20(25)15-27-23-19-9-5-6-10-21(19)28-24(23)22(26)18-7-3-2-4-8-18/h2-14H,15H2,1H3. The van der Waals surface area contributed by atoms with Crippen LogP contribution in [0.5, 0.6) is 5.75 Å². The Hall–Kier alpha value is -3.24. The Bertz CT molecular complexity index is 1140. The fourth-order valence-corrected chi connectivity index (χ4v) is 4.11. The highest BCUT2D eigenvalue weighted by atomic mass is 32.1. The van der Waals surface area contributed by atoms with Gasteiger partial charge in [0.1, 0.15) is 10.6 Å². The van der Waals surface area contributed by atoms with Gasteiger partial charge >= 0.3 is 0 Å². The number of fused-ring (bicyclic) bond motifs is 1. The summed E-state index contributed by atoms with van der Waals surface area (Å²) in [5.41, 5.74) is 2.29. The highest BCUT2D eigenvalue weighted by Gasteiger charge is 2.22. The largest absolute Gasteiger partial charge is 0.483 e. The van der Waals surface area contributed by atoms with Crippen molar-refractivity contribution < 1.29 is 14.3 Å². The first-order chi connectivity index (χ1) is 13.6. The molecule has 0 bridgehead atoms. The van der Waals surface area contributed by atoms with E-state index in [0.29, 0.717) is 21.8 Å². The SMILES string of the molecule is Cc1ccc(C(=O)COc2c(C(=O)c3ccccc3)sc3ccccc23)cc1. The predicted molar refractivity (Wildman–Crippen MR) is 113 cm³/mol. The number of benzene rings is 3. The zero-order chi connectivity index (χ0) is 19.5. The van der Waals surface area contributed by atoms with Crippen molar-refractivity contribution in [3.63, 3.8) is 0 Å². The monoisotopic (exact) mass is 386 g/mol. The Morgan fingerprint density at radius 2 is 1.50 bits per heavy atom. The van der Waals surface area contributed by atoms with Crippen LogP contribution in [0.15, 0.2) is 78.9 Å². The fraction of sp³-hybridized carbons (Fsp3) is 0.0833. The molecule has 3 aromatic carbocycles. The van der Waals surface area contributed by atoms with Gasteiger partial charge in [-0.2, -0.15) is 0 Å². The lowest BCUT2D eigenvalue weighted by Gasteiger charge is -2.08. The number of ketones is 2. The summed E-state index contributed by atoms with van der Waals surface area (Å²) in [5.74, 6) is 0.267. The molecule has 0 amide bonds. The smallest absolute Gasteiger partial charge is 0.206 e. The van der Waals surface area contributed by atoms with E-state index in [9.17, 15) is 9.59 Å². The van der Waals surface area contributed by atoms with Gasteiger partial charge in [-0.25, -0.2) is 0 Å². The van der Waals surface area contributed by atoms with E-state index in [0.717, 1.165) is 15.6 Å². The van der Waals surface area contributed by atoms with Gasteiger partial charge in [0.25, 0.3) is 0 Å². The number of rotatable bonds is 6. The number of hydrogen-bond acceptors (Lipinski definition) is 4. The van der Waals surface area contributed by atoms with Crippen LogP contribution in [0, 0.1) is 6.92 Å². The van der Waals surface area contributed by atoms with Gasteiger partial charge < -0.3 is 4.74 Å². The van der Waals surface area contributed by atoms with Gasteiger partial charge in [-0.1, -0.05) is 72.3 Å². The summed E-state index contributed by atoms with van der Waals surface area (Å²) in [5, 5.41) is 0.850. The zero-order valence-electron chi connectivity index (χ0n) is 15.3. The number of hydrogen-bond donors (Lipinski definition) is 0. The summed E-state index contributed by atoms with van der Waals surface area (Å²) in [7, 11) is 0. The van der Waals surface area contributed by atoms with Crippen LogP contribution in [0.4, 0.5) is 0 Å². The lowest BCUT2D eigenvalue weighted by Crippen LogP contribution is -2.13. The van der Waals surface area contributed by atoms with Crippen LogP contribution >= 0.6 is 11.3 Å². The van der Waals surface area contributed by atoms with Crippen molar-refractivity contribution in [1.29, 1.82) is 0 Å². The summed E-state index contributed by atoms with van der Waals surface area (Å²) in [4.78, 5) is 26.1. The van der Waals surface area contributed by atoms with Crippen LogP contribution in [0.1, 0.15) is 31.2 Å². The molecule has 0 spiro atoms. The number of ether oxygens (including phenoxy) is 1. The van der Waals surface area contributed by atoms with Crippen LogP contribution in [0.25, 0.3) is 10.1 Å². The first-order valence-corrected chi connectivity index (χ1v) is 9.79. The molecule has 4 aromatic rings. The summed E-state index contributed by atoms with van der Waals surface area (Å²) in [6.07, 6.45) is 0. The minimum absolute atomic E-state index is 0.0976. The fourth-order valence-electron chi connectivity index (χ4n) is 3.00. The third-order valence-electron chi connectivity index (χ3n) is 4.51. The molecule has 0 saturated heterocycles. The van der Waals surface area contributed by atoms with Gasteiger partial charge in [-0.3, -0.25) is 9.59 Å². The number of aryl methyl sites for hydroxylation is 1. The van der Waals surface area contributed by atoms with Gasteiger partial charge in [0.15, 0.2) is 12.4 Å². The van der Waals surface area contributed by atoms with Gasteiger partial charge in [0.2, 0.25) is 5.78 Å². The number of Topliss-reactive ketones (excluding diaryl/α,β-unsaturated/α-hetero) is 1. The van der Waals surface area contributed by atoms with Crippen LogP contribution in [0.3, 0.4) is 0 Å². The average molecular weight is 386 g/mol. The van der Waals surface area contributed by atoms with Crippen molar-refractivity contribution in [2.75, 3.05) is 6.61 Å². The van der Waals surface area contributed by atoms with Crippen LogP contribution in [-0.4, -0.2) is 18.2 Å². The van der Waals surface area contributed by atoms with Gasteiger partial charge in [-0.15, -0.1) is 11.3 Å². The average Bonchev–Trinajstić information content (AvgIpc) is 3.11. The molecule has 1 aromatic heterocycles. The van der Waals surface area contributed by atoms with E-state index < -0.39 is 0 Å². The van der Waals surface area contributed by atoms with Crippen molar-refractivity contribution >= 4 is 33.0 Å².